The molecule has 38 heavy (non-hydrogen) atoms. The fourth-order valence-corrected chi connectivity index (χ4v) is 5.44. The number of esters is 1. The summed E-state index contributed by atoms with van der Waals surface area (Å²) in [5.74, 6) is 0.844. The Hall–Kier alpha value is -3.49. The third-order valence-electron chi connectivity index (χ3n) is 6.84. The van der Waals surface area contributed by atoms with Gasteiger partial charge < -0.3 is 14.1 Å². The van der Waals surface area contributed by atoms with Crippen molar-refractivity contribution in [1.29, 1.82) is 0 Å². The first-order chi connectivity index (χ1) is 18.6. The van der Waals surface area contributed by atoms with Crippen molar-refractivity contribution >= 4 is 34.5 Å². The van der Waals surface area contributed by atoms with Crippen LogP contribution in [-0.4, -0.2) is 53.1 Å². The number of hydrogen-bond acceptors (Lipinski definition) is 7. The van der Waals surface area contributed by atoms with Gasteiger partial charge in [-0.3, -0.25) is 9.69 Å². The Bertz CT molecular complexity index is 1420. The molecule has 0 atom stereocenters. The zero-order valence-electron chi connectivity index (χ0n) is 21.7. The summed E-state index contributed by atoms with van der Waals surface area (Å²) in [5.41, 5.74) is 5.84. The first kappa shape index (κ1) is 26.1. The third-order valence-corrected chi connectivity index (χ3v) is 7.74. The van der Waals surface area contributed by atoms with Crippen LogP contribution in [0.15, 0.2) is 82.0 Å². The van der Waals surface area contributed by atoms with Gasteiger partial charge in [-0.15, -0.1) is 0 Å². The molecular formula is C30H33N3O4S. The van der Waals surface area contributed by atoms with Gasteiger partial charge in [0.2, 0.25) is 0 Å². The molecule has 1 aliphatic rings. The normalized spacial score (nSPS) is 14.2. The standard InChI is InChI=1S/C30H33N3O4S/c1-2-38-19-14-28(34)36-22-33-27-13-7-12-26(29(27)37-30(33)35)32-17-15-31(16-18-32)21-23-8-6-11-25(20-23)24-9-4-3-5-10-24/h3-13,20H,2,14-19,21-22H2,1H3. The molecule has 1 aliphatic heterocycles. The Morgan fingerprint density at radius 3 is 2.50 bits per heavy atom. The first-order valence-corrected chi connectivity index (χ1v) is 14.2. The van der Waals surface area contributed by atoms with Crippen molar-refractivity contribution in [2.24, 2.45) is 0 Å². The zero-order chi connectivity index (χ0) is 26.3. The summed E-state index contributed by atoms with van der Waals surface area (Å²) in [6, 6.07) is 24.9. The summed E-state index contributed by atoms with van der Waals surface area (Å²) in [7, 11) is 0. The van der Waals surface area contributed by atoms with E-state index < -0.39 is 5.76 Å². The molecule has 0 unspecified atom stereocenters. The second-order valence-electron chi connectivity index (χ2n) is 9.34. The number of carbonyl (C=O) groups excluding carboxylic acids is 1. The largest absolute Gasteiger partial charge is 0.444 e. The molecule has 4 aromatic rings. The van der Waals surface area contributed by atoms with E-state index >= 15 is 0 Å². The number of fused-ring (bicyclic) bond motifs is 1. The molecule has 0 spiro atoms. The molecule has 3 aromatic carbocycles. The Morgan fingerprint density at radius 2 is 1.71 bits per heavy atom. The van der Waals surface area contributed by atoms with Gasteiger partial charge in [0.1, 0.15) is 0 Å². The van der Waals surface area contributed by atoms with Gasteiger partial charge in [-0.2, -0.15) is 11.8 Å². The maximum Gasteiger partial charge on any atom is 0.422 e. The Balaban J connectivity index is 1.22. The van der Waals surface area contributed by atoms with Crippen LogP contribution >= 0.6 is 11.8 Å². The maximum absolute atomic E-state index is 12.6. The summed E-state index contributed by atoms with van der Waals surface area (Å²) in [5, 5.41) is 0. The van der Waals surface area contributed by atoms with Crippen molar-refractivity contribution in [2.45, 2.75) is 26.6 Å². The van der Waals surface area contributed by atoms with Crippen LogP contribution < -0.4 is 10.7 Å². The van der Waals surface area contributed by atoms with Crippen molar-refractivity contribution in [3.63, 3.8) is 0 Å². The lowest BCUT2D eigenvalue weighted by Gasteiger charge is -2.36. The van der Waals surface area contributed by atoms with E-state index in [1.807, 2.05) is 24.3 Å². The lowest BCUT2D eigenvalue weighted by atomic mass is 10.0. The monoisotopic (exact) mass is 531 g/mol. The second kappa shape index (κ2) is 12.4. The number of anilines is 1. The highest BCUT2D eigenvalue weighted by Gasteiger charge is 2.22. The highest BCUT2D eigenvalue weighted by molar-refractivity contribution is 7.99. The van der Waals surface area contributed by atoms with E-state index in [0.29, 0.717) is 23.3 Å². The van der Waals surface area contributed by atoms with Crippen LogP contribution in [0, 0.1) is 0 Å². The Kier molecular flexibility index (Phi) is 8.51. The van der Waals surface area contributed by atoms with E-state index in [4.69, 9.17) is 9.15 Å². The summed E-state index contributed by atoms with van der Waals surface area (Å²) < 4.78 is 12.4. The van der Waals surface area contributed by atoms with Crippen LogP contribution in [0.1, 0.15) is 18.9 Å². The first-order valence-electron chi connectivity index (χ1n) is 13.1. The lowest BCUT2D eigenvalue weighted by Crippen LogP contribution is -2.46. The predicted molar refractivity (Wildman–Crippen MR) is 154 cm³/mol. The molecule has 0 radical (unpaired) electrons. The number of rotatable bonds is 10. The number of thioether (sulfide) groups is 1. The van der Waals surface area contributed by atoms with Crippen LogP contribution in [0.4, 0.5) is 5.69 Å². The molecule has 0 saturated carbocycles. The van der Waals surface area contributed by atoms with Gasteiger partial charge in [0.05, 0.1) is 17.6 Å². The van der Waals surface area contributed by atoms with E-state index in [0.717, 1.165) is 44.2 Å². The van der Waals surface area contributed by atoms with Gasteiger partial charge in [0.25, 0.3) is 0 Å². The molecule has 0 bridgehead atoms. The third kappa shape index (κ3) is 6.14. The molecule has 1 aromatic heterocycles. The van der Waals surface area contributed by atoms with Crippen LogP contribution in [-0.2, 0) is 22.8 Å². The molecule has 5 rings (SSSR count). The number of ether oxygens (including phenoxy) is 1. The highest BCUT2D eigenvalue weighted by atomic mass is 32.2. The smallest absolute Gasteiger partial charge is 0.422 e. The Labute approximate surface area is 227 Å². The SMILES string of the molecule is CCSCCC(=O)OCn1c(=O)oc2c(N3CCN(Cc4cccc(-c5ccccc5)c4)CC3)cccc21. The number of hydrogen-bond donors (Lipinski definition) is 0. The number of para-hydroxylation sites is 1. The van der Waals surface area contributed by atoms with Gasteiger partial charge in [-0.1, -0.05) is 61.5 Å². The number of carbonyl (C=O) groups is 1. The van der Waals surface area contributed by atoms with Crippen molar-refractivity contribution in [3.05, 3.63) is 88.9 Å². The second-order valence-corrected chi connectivity index (χ2v) is 10.7. The van der Waals surface area contributed by atoms with Crippen LogP contribution in [0.2, 0.25) is 0 Å². The van der Waals surface area contributed by atoms with Gasteiger partial charge in [0, 0.05) is 38.5 Å². The molecule has 2 heterocycles. The summed E-state index contributed by atoms with van der Waals surface area (Å²) >= 11 is 1.69. The number of piperazine rings is 1. The minimum Gasteiger partial charge on any atom is -0.444 e. The predicted octanol–water partition coefficient (Wildman–Crippen LogP) is 5.23. The fraction of sp³-hybridized carbons (Fsp3) is 0.333. The average Bonchev–Trinajstić information content (AvgIpc) is 3.28. The minimum atomic E-state index is -0.514. The van der Waals surface area contributed by atoms with Crippen molar-refractivity contribution in [3.8, 4) is 11.1 Å². The van der Waals surface area contributed by atoms with Gasteiger partial charge >= 0.3 is 11.7 Å². The minimum absolute atomic E-state index is 0.138. The van der Waals surface area contributed by atoms with Gasteiger partial charge in [-0.05, 0) is 40.6 Å². The molecule has 0 N–H and O–H groups in total. The van der Waals surface area contributed by atoms with Crippen LogP contribution in [0.5, 0.6) is 0 Å². The summed E-state index contributed by atoms with van der Waals surface area (Å²) in [6.07, 6.45) is 0.328. The van der Waals surface area contributed by atoms with E-state index in [-0.39, 0.29) is 12.7 Å². The molecule has 8 heteroatoms. The maximum atomic E-state index is 12.6. The zero-order valence-corrected chi connectivity index (χ0v) is 22.5. The summed E-state index contributed by atoms with van der Waals surface area (Å²) in [6.45, 7) is 6.28. The molecule has 1 fully saturated rings. The van der Waals surface area contributed by atoms with Crippen LogP contribution in [0.3, 0.4) is 0 Å². The van der Waals surface area contributed by atoms with E-state index in [9.17, 15) is 9.59 Å². The molecular weight excluding hydrogens is 498 g/mol. The number of benzene rings is 3. The fourth-order valence-electron chi connectivity index (χ4n) is 4.84. The van der Waals surface area contributed by atoms with E-state index in [1.165, 1.54) is 21.3 Å². The van der Waals surface area contributed by atoms with Gasteiger partial charge in [-0.25, -0.2) is 9.36 Å². The lowest BCUT2D eigenvalue weighted by molar-refractivity contribution is -0.146. The molecule has 1 saturated heterocycles. The molecule has 7 nitrogen and oxygen atoms in total. The van der Waals surface area contributed by atoms with E-state index in [1.54, 1.807) is 11.8 Å². The van der Waals surface area contributed by atoms with Crippen molar-refractivity contribution < 1.29 is 13.9 Å². The van der Waals surface area contributed by atoms with E-state index in [2.05, 4.69) is 65.3 Å². The van der Waals surface area contributed by atoms with Crippen molar-refractivity contribution in [1.82, 2.24) is 9.47 Å². The van der Waals surface area contributed by atoms with Crippen molar-refractivity contribution in [2.75, 3.05) is 42.6 Å². The molecule has 198 valence electrons. The average molecular weight is 532 g/mol. The number of nitrogens with zero attached hydrogens (tertiary/aromatic N) is 3. The summed E-state index contributed by atoms with van der Waals surface area (Å²) in [4.78, 5) is 29.4. The molecule has 0 amide bonds. The quantitative estimate of drug-likeness (QED) is 0.205. The topological polar surface area (TPSA) is 67.9 Å². The Morgan fingerprint density at radius 1 is 0.947 bits per heavy atom. The highest BCUT2D eigenvalue weighted by Crippen LogP contribution is 2.28. The number of aromatic nitrogens is 1. The van der Waals surface area contributed by atoms with Gasteiger partial charge in [0.15, 0.2) is 12.3 Å². The molecule has 0 aliphatic carbocycles. The number of oxazole rings is 1. The van der Waals surface area contributed by atoms with Crippen LogP contribution in [0.25, 0.3) is 22.2 Å².